The van der Waals surface area contributed by atoms with Crippen molar-refractivity contribution in [3.63, 3.8) is 0 Å². The lowest BCUT2D eigenvalue weighted by Crippen LogP contribution is -2.49. The van der Waals surface area contributed by atoms with E-state index in [1.807, 2.05) is 57.0 Å². The Morgan fingerprint density at radius 3 is 2.25 bits per heavy atom. The third-order valence-electron chi connectivity index (χ3n) is 9.29. The van der Waals surface area contributed by atoms with Crippen LogP contribution in [0, 0.1) is 23.6 Å². The first-order valence-corrected chi connectivity index (χ1v) is 16.9. The van der Waals surface area contributed by atoms with E-state index in [4.69, 9.17) is 9.47 Å². The standard InChI is InChI=1S/C36H53FN4O7/c1-26(7-9-34(27(2)6-8-32(44)10-19-42)48-36(46)41-13-11-38(4)12-14-41)33(24-43)28(3)20-29-21-30(37)23-31(22-29)39-15-17-40(18-16-39)35(45)25-47-5/h7,9,19-24,26-27,32-34,44H,6,8,10-18,25H2,1-5H3/b9-7+,28-20+/t26-,27+,32-,33-,34-/m0/s1. The molecule has 0 bridgehead atoms. The number of likely N-dealkylation sites (N-methyl/N-ethyl adjacent to an activating group) is 1. The molecule has 0 unspecified atom stereocenters. The van der Waals surface area contributed by atoms with Crippen LogP contribution in [0.2, 0.25) is 0 Å². The Labute approximate surface area is 284 Å². The molecule has 5 atom stereocenters. The summed E-state index contributed by atoms with van der Waals surface area (Å²) < 4.78 is 25.7. The van der Waals surface area contributed by atoms with Gasteiger partial charge in [-0.25, -0.2) is 9.18 Å². The van der Waals surface area contributed by atoms with Crippen LogP contribution >= 0.6 is 0 Å². The van der Waals surface area contributed by atoms with Crippen LogP contribution < -0.4 is 4.90 Å². The van der Waals surface area contributed by atoms with Crippen molar-refractivity contribution in [2.24, 2.45) is 17.8 Å². The number of hydrogen-bond donors (Lipinski definition) is 1. The number of aliphatic hydroxyl groups excluding tert-OH is 1. The summed E-state index contributed by atoms with van der Waals surface area (Å²) in [5.74, 6) is -1.38. The van der Waals surface area contributed by atoms with Gasteiger partial charge in [0.2, 0.25) is 5.91 Å². The summed E-state index contributed by atoms with van der Waals surface area (Å²) in [5, 5.41) is 10.1. The molecule has 12 heteroatoms. The molecule has 2 aliphatic rings. The lowest BCUT2D eigenvalue weighted by atomic mass is 9.86. The van der Waals surface area contributed by atoms with Crippen molar-refractivity contribution in [1.29, 1.82) is 0 Å². The second-order valence-electron chi connectivity index (χ2n) is 13.1. The lowest BCUT2D eigenvalue weighted by Gasteiger charge is -2.36. The van der Waals surface area contributed by atoms with Gasteiger partial charge in [0.25, 0.3) is 0 Å². The third-order valence-corrected chi connectivity index (χ3v) is 9.29. The summed E-state index contributed by atoms with van der Waals surface area (Å²) in [6.07, 6.45) is 6.29. The Hall–Kier alpha value is -3.61. The number of nitrogens with zero attached hydrogens (tertiary/aromatic N) is 4. The zero-order chi connectivity index (χ0) is 35.2. The number of rotatable bonds is 16. The highest BCUT2D eigenvalue weighted by atomic mass is 19.1. The Bertz CT molecular complexity index is 1270. The van der Waals surface area contributed by atoms with Gasteiger partial charge in [0.15, 0.2) is 0 Å². The molecule has 266 valence electrons. The summed E-state index contributed by atoms with van der Waals surface area (Å²) in [7, 11) is 3.50. The number of allylic oxidation sites excluding steroid dienone is 2. The highest BCUT2D eigenvalue weighted by Gasteiger charge is 2.27. The summed E-state index contributed by atoms with van der Waals surface area (Å²) in [4.78, 5) is 56.1. The number of carbonyl (C=O) groups excluding carboxylic acids is 4. The normalized spacial score (nSPS) is 19.5. The number of halogens is 1. The SMILES string of the molecule is COCC(=O)N1CCN(c2cc(F)cc(/C=C(\C)[C@@H](C=O)[C@@H](C)/C=C/[C@H](OC(=O)N3CCN(C)CC3)[C@H](C)CC[C@H](O)CC=O)c2)CC1. The van der Waals surface area contributed by atoms with Gasteiger partial charge in [-0.3, -0.25) is 4.79 Å². The Morgan fingerprint density at radius 2 is 1.62 bits per heavy atom. The van der Waals surface area contributed by atoms with Crippen LogP contribution in [0.15, 0.2) is 35.9 Å². The van der Waals surface area contributed by atoms with Gasteiger partial charge in [-0.1, -0.05) is 31.6 Å². The second kappa shape index (κ2) is 19.4. The topological polar surface area (TPSA) is 120 Å². The van der Waals surface area contributed by atoms with Crippen LogP contribution in [0.4, 0.5) is 14.9 Å². The average molecular weight is 673 g/mol. The highest BCUT2D eigenvalue weighted by molar-refractivity contribution is 5.78. The van der Waals surface area contributed by atoms with Crippen LogP contribution in [0.25, 0.3) is 6.08 Å². The fraction of sp³-hybridized carbons (Fsp3) is 0.611. The molecule has 11 nitrogen and oxygen atoms in total. The molecule has 2 saturated heterocycles. The average Bonchev–Trinajstić information content (AvgIpc) is 3.06. The molecule has 0 saturated carbocycles. The second-order valence-corrected chi connectivity index (χ2v) is 13.1. The van der Waals surface area contributed by atoms with E-state index in [9.17, 15) is 28.7 Å². The Kier molecular flexibility index (Phi) is 15.7. The number of anilines is 1. The molecule has 2 amide bonds. The Morgan fingerprint density at radius 1 is 0.958 bits per heavy atom. The number of hydrogen-bond acceptors (Lipinski definition) is 9. The van der Waals surface area contributed by atoms with E-state index in [-0.39, 0.29) is 30.8 Å². The van der Waals surface area contributed by atoms with Crippen molar-refractivity contribution < 1.29 is 38.1 Å². The molecule has 48 heavy (non-hydrogen) atoms. The van der Waals surface area contributed by atoms with Gasteiger partial charge >= 0.3 is 6.09 Å². The third kappa shape index (κ3) is 11.8. The molecule has 2 heterocycles. The molecule has 3 rings (SSSR count). The molecular weight excluding hydrogens is 619 g/mol. The molecule has 2 aliphatic heterocycles. The molecule has 0 radical (unpaired) electrons. The minimum Gasteiger partial charge on any atom is -0.442 e. The number of amides is 2. The maximum absolute atomic E-state index is 14.8. The fourth-order valence-corrected chi connectivity index (χ4v) is 6.07. The zero-order valence-electron chi connectivity index (χ0n) is 29.1. The van der Waals surface area contributed by atoms with Crippen molar-refractivity contribution in [2.45, 2.75) is 52.2 Å². The first-order chi connectivity index (χ1) is 22.9. The fourth-order valence-electron chi connectivity index (χ4n) is 6.07. The van der Waals surface area contributed by atoms with Gasteiger partial charge < -0.3 is 43.8 Å². The quantitative estimate of drug-likeness (QED) is 0.207. The summed E-state index contributed by atoms with van der Waals surface area (Å²) in [6, 6.07) is 4.79. The van der Waals surface area contributed by atoms with Crippen molar-refractivity contribution in [3.05, 3.63) is 47.3 Å². The van der Waals surface area contributed by atoms with Gasteiger partial charge in [0.1, 0.15) is 31.1 Å². The molecular formula is C36H53FN4O7. The molecule has 2 fully saturated rings. The number of methoxy groups -OCH3 is 1. The van der Waals surface area contributed by atoms with Crippen LogP contribution in [0.1, 0.15) is 45.6 Å². The molecule has 1 N–H and O–H groups in total. The number of benzene rings is 1. The van der Waals surface area contributed by atoms with Crippen molar-refractivity contribution in [2.75, 3.05) is 78.0 Å². The number of carbonyl (C=O) groups is 4. The molecule has 0 spiro atoms. The van der Waals surface area contributed by atoms with Crippen molar-refractivity contribution in [3.8, 4) is 0 Å². The number of aldehydes is 2. The maximum atomic E-state index is 14.8. The van der Waals surface area contributed by atoms with Gasteiger partial charge in [0.05, 0.1) is 6.10 Å². The summed E-state index contributed by atoms with van der Waals surface area (Å²) in [5.41, 5.74) is 2.09. The minimum atomic E-state index is -0.757. The van der Waals surface area contributed by atoms with E-state index in [0.717, 1.165) is 24.9 Å². The van der Waals surface area contributed by atoms with E-state index >= 15 is 0 Å². The first-order valence-electron chi connectivity index (χ1n) is 16.9. The van der Waals surface area contributed by atoms with E-state index in [2.05, 4.69) is 4.90 Å². The van der Waals surface area contributed by atoms with Crippen LogP contribution in [-0.4, -0.2) is 130 Å². The van der Waals surface area contributed by atoms with Crippen LogP contribution in [-0.2, 0) is 23.9 Å². The first kappa shape index (κ1) is 38.8. The molecule has 0 aliphatic carbocycles. The van der Waals surface area contributed by atoms with Gasteiger partial charge in [-0.2, -0.15) is 0 Å². The van der Waals surface area contributed by atoms with E-state index in [1.54, 1.807) is 9.80 Å². The maximum Gasteiger partial charge on any atom is 0.410 e. The van der Waals surface area contributed by atoms with Gasteiger partial charge in [-0.05, 0) is 68.5 Å². The minimum absolute atomic E-state index is 0.0355. The van der Waals surface area contributed by atoms with Gasteiger partial charge in [-0.15, -0.1) is 0 Å². The number of piperazine rings is 2. The number of aliphatic hydroxyl groups is 1. The van der Waals surface area contributed by atoms with E-state index < -0.39 is 30.0 Å². The lowest BCUT2D eigenvalue weighted by molar-refractivity contribution is -0.135. The van der Waals surface area contributed by atoms with E-state index in [1.165, 1.54) is 19.2 Å². The van der Waals surface area contributed by atoms with Gasteiger partial charge in [0, 0.05) is 77.5 Å². The predicted molar refractivity (Wildman–Crippen MR) is 183 cm³/mol. The smallest absolute Gasteiger partial charge is 0.410 e. The molecule has 1 aromatic carbocycles. The van der Waals surface area contributed by atoms with E-state index in [0.29, 0.717) is 69.6 Å². The summed E-state index contributed by atoms with van der Waals surface area (Å²) >= 11 is 0. The van der Waals surface area contributed by atoms with Crippen molar-refractivity contribution >= 4 is 36.3 Å². The number of ether oxygens (including phenoxy) is 2. The zero-order valence-corrected chi connectivity index (χ0v) is 29.1. The molecule has 0 aromatic heterocycles. The van der Waals surface area contributed by atoms with Crippen LogP contribution in [0.5, 0.6) is 0 Å². The van der Waals surface area contributed by atoms with Crippen molar-refractivity contribution in [1.82, 2.24) is 14.7 Å². The molecule has 1 aromatic rings. The summed E-state index contributed by atoms with van der Waals surface area (Å²) in [6.45, 7) is 10.5. The highest BCUT2D eigenvalue weighted by Crippen LogP contribution is 2.27. The largest absolute Gasteiger partial charge is 0.442 e. The predicted octanol–water partition coefficient (Wildman–Crippen LogP) is 3.65. The van der Waals surface area contributed by atoms with Crippen LogP contribution in [0.3, 0.4) is 0 Å². The monoisotopic (exact) mass is 672 g/mol. The Balaban J connectivity index is 1.72.